The molecule has 0 aliphatic heterocycles. The maximum atomic E-state index is 9.90. The number of phenols is 1. The summed E-state index contributed by atoms with van der Waals surface area (Å²) < 4.78 is 6.14. The predicted octanol–water partition coefficient (Wildman–Crippen LogP) is 4.03. The highest BCUT2D eigenvalue weighted by Crippen LogP contribution is 2.35. The van der Waals surface area contributed by atoms with Crippen molar-refractivity contribution in [2.24, 2.45) is 5.92 Å². The second-order valence-electron chi connectivity index (χ2n) is 5.08. The Labute approximate surface area is 124 Å². The van der Waals surface area contributed by atoms with Crippen molar-refractivity contribution in [1.29, 1.82) is 0 Å². The van der Waals surface area contributed by atoms with Crippen LogP contribution in [-0.4, -0.2) is 29.7 Å². The zero-order valence-electron chi connectivity index (χ0n) is 12.2. The quantitative estimate of drug-likeness (QED) is 0.819. The minimum atomic E-state index is 0.178. The van der Waals surface area contributed by atoms with Gasteiger partial charge in [-0.25, -0.2) is 0 Å². The number of halogens is 1. The van der Waals surface area contributed by atoms with Crippen LogP contribution < -0.4 is 4.74 Å². The zero-order valence-corrected chi connectivity index (χ0v) is 13.8. The first kappa shape index (κ1) is 16.3. The predicted molar refractivity (Wildman–Crippen MR) is 82.8 cm³/mol. The summed E-state index contributed by atoms with van der Waals surface area (Å²) >= 11 is 3.38. The molecule has 0 aliphatic rings. The van der Waals surface area contributed by atoms with Gasteiger partial charge in [-0.15, -0.1) is 0 Å². The van der Waals surface area contributed by atoms with Crippen LogP contribution in [0.25, 0.3) is 0 Å². The fourth-order valence-electron chi connectivity index (χ4n) is 2.06. The third kappa shape index (κ3) is 5.03. The molecule has 1 N–H and O–H groups in total. The molecule has 0 radical (unpaired) electrons. The normalized spacial score (nSPS) is 11.3. The van der Waals surface area contributed by atoms with Crippen molar-refractivity contribution in [3.8, 4) is 11.5 Å². The van der Waals surface area contributed by atoms with Crippen LogP contribution in [0.5, 0.6) is 11.5 Å². The number of rotatable bonds is 7. The minimum absolute atomic E-state index is 0.178. The smallest absolute Gasteiger partial charge is 0.172 e. The number of phenolic OH excluding ortho intramolecular Hbond substituents is 1. The summed E-state index contributed by atoms with van der Waals surface area (Å²) in [6.45, 7) is 12.0. The molecule has 4 heteroatoms. The molecule has 108 valence electrons. The van der Waals surface area contributed by atoms with E-state index in [1.165, 1.54) is 0 Å². The summed E-state index contributed by atoms with van der Waals surface area (Å²) in [5.74, 6) is 1.37. The topological polar surface area (TPSA) is 32.7 Å². The van der Waals surface area contributed by atoms with E-state index in [9.17, 15) is 5.11 Å². The second-order valence-corrected chi connectivity index (χ2v) is 5.93. The first-order valence-corrected chi connectivity index (χ1v) is 7.63. The molecule has 1 aromatic rings. The average molecular weight is 330 g/mol. The standard InChI is InChI=1S/C15H24BrNO2/c1-5-17(9-11(3)4)10-12-7-13(16)15(18)14(8-12)19-6-2/h7-8,11,18H,5-6,9-10H2,1-4H3. The number of nitrogens with zero attached hydrogens (tertiary/aromatic N) is 1. The van der Waals surface area contributed by atoms with Crippen LogP contribution >= 0.6 is 15.9 Å². The van der Waals surface area contributed by atoms with Crippen molar-refractivity contribution in [3.63, 3.8) is 0 Å². The molecular weight excluding hydrogens is 306 g/mol. The Morgan fingerprint density at radius 1 is 1.32 bits per heavy atom. The van der Waals surface area contributed by atoms with Gasteiger partial charge in [0.1, 0.15) is 0 Å². The van der Waals surface area contributed by atoms with E-state index in [4.69, 9.17) is 4.74 Å². The molecule has 0 unspecified atom stereocenters. The molecule has 19 heavy (non-hydrogen) atoms. The van der Waals surface area contributed by atoms with Gasteiger partial charge in [-0.3, -0.25) is 4.90 Å². The summed E-state index contributed by atoms with van der Waals surface area (Å²) in [4.78, 5) is 2.39. The molecule has 1 aromatic carbocycles. The van der Waals surface area contributed by atoms with Crippen LogP contribution in [0.3, 0.4) is 0 Å². The Morgan fingerprint density at radius 3 is 2.53 bits per heavy atom. The second kappa shape index (κ2) is 7.75. The van der Waals surface area contributed by atoms with Gasteiger partial charge in [0, 0.05) is 13.1 Å². The molecule has 0 saturated carbocycles. The van der Waals surface area contributed by atoms with Crippen molar-refractivity contribution in [3.05, 3.63) is 22.2 Å². The fourth-order valence-corrected chi connectivity index (χ4v) is 2.55. The van der Waals surface area contributed by atoms with Crippen molar-refractivity contribution >= 4 is 15.9 Å². The van der Waals surface area contributed by atoms with Gasteiger partial charge in [0.15, 0.2) is 11.5 Å². The van der Waals surface area contributed by atoms with E-state index in [0.29, 0.717) is 22.7 Å². The lowest BCUT2D eigenvalue weighted by Crippen LogP contribution is -2.27. The van der Waals surface area contributed by atoms with Crippen LogP contribution in [-0.2, 0) is 6.54 Å². The van der Waals surface area contributed by atoms with Crippen LogP contribution in [0.4, 0.5) is 0 Å². The molecule has 0 atom stereocenters. The van der Waals surface area contributed by atoms with Gasteiger partial charge in [-0.2, -0.15) is 0 Å². The van der Waals surface area contributed by atoms with E-state index in [-0.39, 0.29) is 5.75 Å². The number of hydrogen-bond donors (Lipinski definition) is 1. The Balaban J connectivity index is 2.88. The minimum Gasteiger partial charge on any atom is -0.503 e. The maximum Gasteiger partial charge on any atom is 0.172 e. The molecular formula is C15H24BrNO2. The van der Waals surface area contributed by atoms with E-state index >= 15 is 0 Å². The average Bonchev–Trinajstić information content (AvgIpc) is 2.34. The summed E-state index contributed by atoms with van der Waals surface area (Å²) in [7, 11) is 0. The SMILES string of the molecule is CCOc1cc(CN(CC)CC(C)C)cc(Br)c1O. The highest BCUT2D eigenvalue weighted by Gasteiger charge is 2.12. The molecule has 0 amide bonds. The lowest BCUT2D eigenvalue weighted by atomic mass is 10.1. The van der Waals surface area contributed by atoms with E-state index in [2.05, 4.69) is 41.6 Å². The van der Waals surface area contributed by atoms with Crippen LogP contribution in [0, 0.1) is 5.92 Å². The van der Waals surface area contributed by atoms with E-state index in [1.54, 1.807) is 0 Å². The summed E-state index contributed by atoms with van der Waals surface area (Å²) in [5.41, 5.74) is 1.15. The molecule has 0 aromatic heterocycles. The Morgan fingerprint density at radius 2 is 2.00 bits per heavy atom. The van der Waals surface area contributed by atoms with E-state index in [0.717, 1.165) is 25.2 Å². The molecule has 0 aliphatic carbocycles. The number of benzene rings is 1. The largest absolute Gasteiger partial charge is 0.503 e. The van der Waals surface area contributed by atoms with Gasteiger partial charge in [0.2, 0.25) is 0 Å². The molecule has 0 fully saturated rings. The van der Waals surface area contributed by atoms with Crippen LogP contribution in [0.1, 0.15) is 33.3 Å². The molecule has 3 nitrogen and oxygen atoms in total. The van der Waals surface area contributed by atoms with Crippen molar-refractivity contribution < 1.29 is 9.84 Å². The zero-order chi connectivity index (χ0) is 14.4. The van der Waals surface area contributed by atoms with Gasteiger partial charge in [0.05, 0.1) is 11.1 Å². The van der Waals surface area contributed by atoms with E-state index < -0.39 is 0 Å². The first-order chi connectivity index (χ1) is 8.97. The van der Waals surface area contributed by atoms with E-state index in [1.807, 2.05) is 19.1 Å². The van der Waals surface area contributed by atoms with Gasteiger partial charge in [0.25, 0.3) is 0 Å². The third-order valence-electron chi connectivity index (χ3n) is 2.86. The summed E-state index contributed by atoms with van der Waals surface area (Å²) in [6, 6.07) is 3.88. The monoisotopic (exact) mass is 329 g/mol. The van der Waals surface area contributed by atoms with Crippen molar-refractivity contribution in [1.82, 2.24) is 4.90 Å². The van der Waals surface area contributed by atoms with Crippen molar-refractivity contribution in [2.75, 3.05) is 19.7 Å². The summed E-state index contributed by atoms with van der Waals surface area (Å²) in [6.07, 6.45) is 0. The molecule has 1 rings (SSSR count). The number of ether oxygens (including phenoxy) is 1. The Hall–Kier alpha value is -0.740. The highest BCUT2D eigenvalue weighted by molar-refractivity contribution is 9.10. The molecule has 0 spiro atoms. The fraction of sp³-hybridized carbons (Fsp3) is 0.600. The van der Waals surface area contributed by atoms with Crippen LogP contribution in [0.2, 0.25) is 0 Å². The Kier molecular flexibility index (Phi) is 6.66. The molecule has 0 bridgehead atoms. The van der Waals surface area contributed by atoms with Gasteiger partial charge in [-0.1, -0.05) is 20.8 Å². The lowest BCUT2D eigenvalue weighted by molar-refractivity contribution is 0.247. The Bertz CT molecular complexity index is 407. The number of hydrogen-bond acceptors (Lipinski definition) is 3. The molecule has 0 saturated heterocycles. The maximum absolute atomic E-state index is 9.90. The van der Waals surface area contributed by atoms with Gasteiger partial charge >= 0.3 is 0 Å². The third-order valence-corrected chi connectivity index (χ3v) is 3.47. The van der Waals surface area contributed by atoms with Gasteiger partial charge < -0.3 is 9.84 Å². The van der Waals surface area contributed by atoms with Gasteiger partial charge in [-0.05, 0) is 53.0 Å². The summed E-state index contributed by atoms with van der Waals surface area (Å²) in [5, 5.41) is 9.90. The number of aromatic hydroxyl groups is 1. The molecule has 0 heterocycles. The van der Waals surface area contributed by atoms with Crippen LogP contribution in [0.15, 0.2) is 16.6 Å². The highest BCUT2D eigenvalue weighted by atomic mass is 79.9. The first-order valence-electron chi connectivity index (χ1n) is 6.84. The lowest BCUT2D eigenvalue weighted by Gasteiger charge is -2.23. The van der Waals surface area contributed by atoms with Crippen molar-refractivity contribution in [2.45, 2.75) is 34.2 Å².